The second-order valence-electron chi connectivity index (χ2n) is 5.25. The third-order valence-electron chi connectivity index (χ3n) is 3.47. The van der Waals surface area contributed by atoms with E-state index in [1.165, 1.54) is 0 Å². The predicted octanol–water partition coefficient (Wildman–Crippen LogP) is 4.56. The average molecular weight is 349 g/mol. The number of nitrogens with one attached hydrogen (secondary N) is 2. The van der Waals surface area contributed by atoms with Gasteiger partial charge in [0, 0.05) is 28.8 Å². The van der Waals surface area contributed by atoms with Crippen LogP contribution in [0, 0.1) is 0 Å². The number of halogens is 1. The summed E-state index contributed by atoms with van der Waals surface area (Å²) in [7, 11) is 0. The molecule has 2 aromatic carbocycles. The summed E-state index contributed by atoms with van der Waals surface area (Å²) in [6.45, 7) is 0. The number of nitrogens with zero attached hydrogens (tertiary/aromatic N) is 4. The van der Waals surface area contributed by atoms with Crippen LogP contribution in [0.2, 0.25) is 5.02 Å². The number of hydrogen-bond acceptors (Lipinski definition) is 6. The summed E-state index contributed by atoms with van der Waals surface area (Å²) in [6, 6.07) is 17.1. The Kier molecular flexibility index (Phi) is 4.10. The minimum Gasteiger partial charge on any atom is -0.338 e. The molecule has 25 heavy (non-hydrogen) atoms. The van der Waals surface area contributed by atoms with Crippen LogP contribution >= 0.6 is 11.6 Å². The van der Waals surface area contributed by atoms with Crippen LogP contribution in [-0.2, 0) is 0 Å². The molecular weight excluding hydrogens is 336 g/mol. The normalized spacial score (nSPS) is 10.6. The minimum atomic E-state index is 0.440. The summed E-state index contributed by atoms with van der Waals surface area (Å²) in [6.07, 6.45) is 3.22. The van der Waals surface area contributed by atoms with Crippen molar-refractivity contribution in [3.05, 3.63) is 72.0 Å². The molecule has 2 aromatic heterocycles. The van der Waals surface area contributed by atoms with Crippen molar-refractivity contribution in [1.82, 2.24) is 19.9 Å². The van der Waals surface area contributed by atoms with Crippen molar-refractivity contribution < 1.29 is 0 Å². The summed E-state index contributed by atoms with van der Waals surface area (Å²) >= 11 is 5.94. The fourth-order valence-electron chi connectivity index (χ4n) is 2.33. The number of fused-ring (bicyclic) bond motifs is 1. The van der Waals surface area contributed by atoms with Crippen LogP contribution in [0.5, 0.6) is 0 Å². The Balaban J connectivity index is 1.74. The quantitative estimate of drug-likeness (QED) is 0.563. The molecule has 4 aromatic rings. The second kappa shape index (κ2) is 6.70. The lowest BCUT2D eigenvalue weighted by atomic mass is 10.3. The van der Waals surface area contributed by atoms with E-state index >= 15 is 0 Å². The topological polar surface area (TPSA) is 75.6 Å². The monoisotopic (exact) mass is 348 g/mol. The Hall–Kier alpha value is -3.25. The van der Waals surface area contributed by atoms with E-state index in [0.29, 0.717) is 28.0 Å². The summed E-state index contributed by atoms with van der Waals surface area (Å²) in [5.74, 6) is 1.01. The van der Waals surface area contributed by atoms with Crippen LogP contribution in [0.15, 0.2) is 67.0 Å². The molecule has 7 heteroatoms. The van der Waals surface area contributed by atoms with Crippen molar-refractivity contribution in [1.29, 1.82) is 0 Å². The van der Waals surface area contributed by atoms with Crippen molar-refractivity contribution in [3.8, 4) is 0 Å². The van der Waals surface area contributed by atoms with E-state index in [-0.39, 0.29) is 0 Å². The maximum absolute atomic E-state index is 5.94. The highest BCUT2D eigenvalue weighted by atomic mass is 35.5. The first-order chi connectivity index (χ1) is 12.3. The van der Waals surface area contributed by atoms with Crippen LogP contribution < -0.4 is 10.6 Å². The van der Waals surface area contributed by atoms with Gasteiger partial charge in [-0.25, -0.2) is 9.97 Å². The molecular formula is C18H13ClN6. The third kappa shape index (κ3) is 3.49. The van der Waals surface area contributed by atoms with E-state index in [4.69, 9.17) is 11.6 Å². The van der Waals surface area contributed by atoms with E-state index < -0.39 is 0 Å². The molecule has 0 aliphatic rings. The third-order valence-corrected chi connectivity index (χ3v) is 3.72. The van der Waals surface area contributed by atoms with Crippen LogP contribution in [0.25, 0.3) is 11.2 Å². The number of benzene rings is 2. The van der Waals surface area contributed by atoms with Gasteiger partial charge in [0.15, 0.2) is 17.0 Å². The van der Waals surface area contributed by atoms with Gasteiger partial charge >= 0.3 is 0 Å². The van der Waals surface area contributed by atoms with Gasteiger partial charge < -0.3 is 10.6 Å². The first-order valence-electron chi connectivity index (χ1n) is 7.61. The fraction of sp³-hybridized carbons (Fsp3) is 0. The van der Waals surface area contributed by atoms with Crippen LogP contribution in [-0.4, -0.2) is 19.9 Å². The summed E-state index contributed by atoms with van der Waals surface area (Å²) in [4.78, 5) is 17.6. The van der Waals surface area contributed by atoms with E-state index in [0.717, 1.165) is 11.4 Å². The Bertz CT molecular complexity index is 1000. The summed E-state index contributed by atoms with van der Waals surface area (Å²) in [5, 5.41) is 7.10. The molecule has 0 aliphatic heterocycles. The molecule has 0 radical (unpaired) electrons. The Labute approximate surface area is 149 Å². The summed E-state index contributed by atoms with van der Waals surface area (Å²) in [5.41, 5.74) is 2.84. The molecule has 0 saturated heterocycles. The van der Waals surface area contributed by atoms with Crippen molar-refractivity contribution in [2.24, 2.45) is 0 Å². The molecule has 2 heterocycles. The number of anilines is 4. The van der Waals surface area contributed by atoms with Gasteiger partial charge in [-0.1, -0.05) is 29.8 Å². The fourth-order valence-corrected chi connectivity index (χ4v) is 2.45. The van der Waals surface area contributed by atoms with Gasteiger partial charge in [-0.05, 0) is 36.4 Å². The largest absolute Gasteiger partial charge is 0.338 e. The zero-order chi connectivity index (χ0) is 17.1. The lowest BCUT2D eigenvalue weighted by Crippen LogP contribution is -2.04. The molecule has 6 nitrogen and oxygen atoms in total. The smallest absolute Gasteiger partial charge is 0.231 e. The Morgan fingerprint density at radius 3 is 2.24 bits per heavy atom. The van der Waals surface area contributed by atoms with Gasteiger partial charge in [0.1, 0.15) is 0 Å². The molecule has 0 amide bonds. The van der Waals surface area contributed by atoms with Gasteiger partial charge in [0.05, 0.1) is 0 Å². The highest BCUT2D eigenvalue weighted by Crippen LogP contribution is 2.24. The van der Waals surface area contributed by atoms with Gasteiger partial charge in [-0.15, -0.1) is 0 Å². The number of rotatable bonds is 4. The van der Waals surface area contributed by atoms with E-state index in [1.54, 1.807) is 12.4 Å². The van der Waals surface area contributed by atoms with Crippen LogP contribution in [0.3, 0.4) is 0 Å². The molecule has 0 saturated carbocycles. The van der Waals surface area contributed by atoms with E-state index in [2.05, 4.69) is 30.6 Å². The second-order valence-corrected chi connectivity index (χ2v) is 5.68. The first kappa shape index (κ1) is 15.3. The van der Waals surface area contributed by atoms with Gasteiger partial charge in [-0.2, -0.15) is 9.97 Å². The Morgan fingerprint density at radius 1 is 0.720 bits per heavy atom. The standard InChI is InChI=1S/C18H13ClN6/c19-12-6-8-14(9-7-12)22-17-15-16(21-11-10-20-15)24-18(25-17)23-13-4-2-1-3-5-13/h1-11H,(H2,21,22,23,24,25). The maximum atomic E-state index is 5.94. The molecule has 2 N–H and O–H groups in total. The zero-order valence-electron chi connectivity index (χ0n) is 13.0. The molecule has 0 bridgehead atoms. The van der Waals surface area contributed by atoms with E-state index in [1.807, 2.05) is 54.6 Å². The van der Waals surface area contributed by atoms with Crippen molar-refractivity contribution >= 4 is 45.9 Å². The molecule has 0 fully saturated rings. The van der Waals surface area contributed by atoms with Gasteiger partial charge in [0.25, 0.3) is 0 Å². The lowest BCUT2D eigenvalue weighted by molar-refractivity contribution is 1.15. The summed E-state index contributed by atoms with van der Waals surface area (Å²) < 4.78 is 0. The van der Waals surface area contributed by atoms with Crippen molar-refractivity contribution in [3.63, 3.8) is 0 Å². The molecule has 4 rings (SSSR count). The molecule has 0 aliphatic carbocycles. The Morgan fingerprint density at radius 2 is 1.44 bits per heavy atom. The molecule has 122 valence electrons. The minimum absolute atomic E-state index is 0.440. The highest BCUT2D eigenvalue weighted by molar-refractivity contribution is 6.30. The number of aromatic nitrogens is 4. The van der Waals surface area contributed by atoms with Crippen LogP contribution in [0.1, 0.15) is 0 Å². The molecule has 0 atom stereocenters. The average Bonchev–Trinajstić information content (AvgIpc) is 2.64. The molecule has 0 unspecified atom stereocenters. The lowest BCUT2D eigenvalue weighted by Gasteiger charge is -2.11. The highest BCUT2D eigenvalue weighted by Gasteiger charge is 2.10. The van der Waals surface area contributed by atoms with Gasteiger partial charge in [0.2, 0.25) is 5.95 Å². The van der Waals surface area contributed by atoms with Crippen molar-refractivity contribution in [2.75, 3.05) is 10.6 Å². The first-order valence-corrected chi connectivity index (χ1v) is 7.99. The maximum Gasteiger partial charge on any atom is 0.231 e. The molecule has 0 spiro atoms. The predicted molar refractivity (Wildman–Crippen MR) is 99.6 cm³/mol. The SMILES string of the molecule is Clc1ccc(Nc2nc(Nc3ccccc3)nc3nccnc23)cc1. The van der Waals surface area contributed by atoms with Crippen LogP contribution in [0.4, 0.5) is 23.1 Å². The van der Waals surface area contributed by atoms with E-state index in [9.17, 15) is 0 Å². The van der Waals surface area contributed by atoms with Gasteiger partial charge in [-0.3, -0.25) is 0 Å². The number of hydrogen-bond donors (Lipinski definition) is 2. The number of para-hydroxylation sites is 1. The zero-order valence-corrected chi connectivity index (χ0v) is 13.8. The van der Waals surface area contributed by atoms with Crippen molar-refractivity contribution in [2.45, 2.75) is 0 Å².